The molecule has 2 heteroatoms. The normalized spacial score (nSPS) is 13.7. The summed E-state index contributed by atoms with van der Waals surface area (Å²) in [6, 6.07) is 9.21. The molecule has 0 saturated carbocycles. The first-order valence-electron chi connectivity index (χ1n) is 6.42. The molecule has 0 fully saturated rings. The second-order valence-corrected chi connectivity index (χ2v) is 6.73. The first-order chi connectivity index (χ1) is 7.93. The summed E-state index contributed by atoms with van der Waals surface area (Å²) in [5.41, 5.74) is 7.64. The molecule has 0 bridgehead atoms. The molecule has 2 N–H and O–H groups in total. The summed E-state index contributed by atoms with van der Waals surface area (Å²) in [4.78, 5) is 1.32. The number of rotatable bonds is 5. The van der Waals surface area contributed by atoms with Crippen molar-refractivity contribution in [2.24, 2.45) is 5.73 Å². The standard InChI is InChI=1S/C15H25NS/c1-5-6-13(16)11-17-14-9-7-12(8-10-14)15(2,3)4/h7-10,13H,5-6,11,16H2,1-4H3. The second-order valence-electron chi connectivity index (χ2n) is 5.63. The molecule has 17 heavy (non-hydrogen) atoms. The summed E-state index contributed by atoms with van der Waals surface area (Å²) in [5.74, 6) is 1.02. The minimum Gasteiger partial charge on any atom is -0.327 e. The molecular weight excluding hydrogens is 226 g/mol. The monoisotopic (exact) mass is 251 g/mol. The van der Waals surface area contributed by atoms with Gasteiger partial charge in [-0.1, -0.05) is 46.2 Å². The predicted octanol–water partition coefficient (Wildman–Crippen LogP) is 4.20. The van der Waals surface area contributed by atoms with Crippen LogP contribution >= 0.6 is 11.8 Å². The van der Waals surface area contributed by atoms with Crippen LogP contribution in [0.15, 0.2) is 29.2 Å². The predicted molar refractivity (Wildman–Crippen MR) is 78.7 cm³/mol. The highest BCUT2D eigenvalue weighted by Gasteiger charge is 2.12. The molecule has 0 amide bonds. The average Bonchev–Trinajstić information content (AvgIpc) is 2.26. The van der Waals surface area contributed by atoms with E-state index in [9.17, 15) is 0 Å². The number of thioether (sulfide) groups is 1. The number of benzene rings is 1. The van der Waals surface area contributed by atoms with Crippen LogP contribution in [0.3, 0.4) is 0 Å². The minimum absolute atomic E-state index is 0.238. The lowest BCUT2D eigenvalue weighted by molar-refractivity contribution is 0.589. The fourth-order valence-electron chi connectivity index (χ4n) is 1.71. The van der Waals surface area contributed by atoms with Crippen molar-refractivity contribution in [3.05, 3.63) is 29.8 Å². The Bertz CT molecular complexity index is 324. The molecule has 0 heterocycles. The molecule has 0 saturated heterocycles. The van der Waals surface area contributed by atoms with Crippen LogP contribution in [0.5, 0.6) is 0 Å². The van der Waals surface area contributed by atoms with Gasteiger partial charge in [-0.25, -0.2) is 0 Å². The molecule has 1 aromatic carbocycles. The number of nitrogens with two attached hydrogens (primary N) is 1. The van der Waals surface area contributed by atoms with Gasteiger partial charge in [-0.2, -0.15) is 0 Å². The Balaban J connectivity index is 2.51. The Hall–Kier alpha value is -0.470. The number of hydrogen-bond acceptors (Lipinski definition) is 2. The molecule has 0 aromatic heterocycles. The summed E-state index contributed by atoms with van der Waals surface area (Å²) >= 11 is 1.86. The van der Waals surface area contributed by atoms with Gasteiger partial charge in [0.05, 0.1) is 0 Å². The maximum Gasteiger partial charge on any atom is 0.0133 e. The van der Waals surface area contributed by atoms with Crippen molar-refractivity contribution in [3.63, 3.8) is 0 Å². The highest BCUT2D eigenvalue weighted by molar-refractivity contribution is 7.99. The lowest BCUT2D eigenvalue weighted by atomic mass is 9.87. The Morgan fingerprint density at radius 2 is 1.76 bits per heavy atom. The Kier molecular flexibility index (Phi) is 5.54. The van der Waals surface area contributed by atoms with Crippen LogP contribution in [0, 0.1) is 0 Å². The van der Waals surface area contributed by atoms with Gasteiger partial charge in [0.1, 0.15) is 0 Å². The van der Waals surface area contributed by atoms with Crippen LogP contribution in [-0.4, -0.2) is 11.8 Å². The van der Waals surface area contributed by atoms with Gasteiger partial charge in [0.15, 0.2) is 0 Å². The molecule has 1 nitrogen and oxygen atoms in total. The van der Waals surface area contributed by atoms with Gasteiger partial charge >= 0.3 is 0 Å². The average molecular weight is 251 g/mol. The van der Waals surface area contributed by atoms with Gasteiger partial charge in [-0.3, -0.25) is 0 Å². The van der Waals surface area contributed by atoms with Crippen molar-refractivity contribution in [3.8, 4) is 0 Å². The first kappa shape index (κ1) is 14.6. The molecular formula is C15H25NS. The van der Waals surface area contributed by atoms with E-state index in [0.29, 0.717) is 6.04 Å². The second kappa shape index (κ2) is 6.46. The van der Waals surface area contributed by atoms with Crippen molar-refractivity contribution < 1.29 is 0 Å². The molecule has 1 rings (SSSR count). The van der Waals surface area contributed by atoms with E-state index in [1.165, 1.54) is 16.9 Å². The van der Waals surface area contributed by atoms with Crippen LogP contribution < -0.4 is 5.73 Å². The lowest BCUT2D eigenvalue weighted by Gasteiger charge is -2.19. The van der Waals surface area contributed by atoms with E-state index >= 15 is 0 Å². The Morgan fingerprint density at radius 1 is 1.18 bits per heavy atom. The van der Waals surface area contributed by atoms with Crippen molar-refractivity contribution >= 4 is 11.8 Å². The SMILES string of the molecule is CCCC(N)CSc1ccc(C(C)(C)C)cc1. The quantitative estimate of drug-likeness (QED) is 0.794. The van der Waals surface area contributed by atoms with E-state index in [1.54, 1.807) is 0 Å². The van der Waals surface area contributed by atoms with Gasteiger partial charge in [0.25, 0.3) is 0 Å². The maximum absolute atomic E-state index is 6.01. The minimum atomic E-state index is 0.238. The lowest BCUT2D eigenvalue weighted by Crippen LogP contribution is -2.22. The fourth-order valence-corrected chi connectivity index (χ4v) is 2.61. The summed E-state index contributed by atoms with van der Waals surface area (Å²) in [6.07, 6.45) is 2.29. The van der Waals surface area contributed by atoms with Gasteiger partial charge < -0.3 is 5.73 Å². The van der Waals surface area contributed by atoms with E-state index in [-0.39, 0.29) is 5.41 Å². The van der Waals surface area contributed by atoms with Gasteiger partial charge in [-0.15, -0.1) is 11.8 Å². The molecule has 1 atom stereocenters. The van der Waals surface area contributed by atoms with Crippen molar-refractivity contribution in [2.45, 2.75) is 56.9 Å². The third-order valence-corrected chi connectivity index (χ3v) is 4.04. The summed E-state index contributed by atoms with van der Waals surface area (Å²) in [5, 5.41) is 0. The fraction of sp³-hybridized carbons (Fsp3) is 0.600. The van der Waals surface area contributed by atoms with Crippen LogP contribution in [-0.2, 0) is 5.41 Å². The van der Waals surface area contributed by atoms with Gasteiger partial charge in [0.2, 0.25) is 0 Å². The topological polar surface area (TPSA) is 26.0 Å². The smallest absolute Gasteiger partial charge is 0.0133 e. The molecule has 0 radical (unpaired) electrons. The van der Waals surface area contributed by atoms with Crippen molar-refractivity contribution in [2.75, 3.05) is 5.75 Å². The van der Waals surface area contributed by atoms with Gasteiger partial charge in [0, 0.05) is 16.7 Å². The molecule has 0 aliphatic rings. The zero-order chi connectivity index (χ0) is 12.9. The Morgan fingerprint density at radius 3 is 2.24 bits per heavy atom. The highest BCUT2D eigenvalue weighted by Crippen LogP contribution is 2.26. The molecule has 96 valence electrons. The van der Waals surface area contributed by atoms with E-state index in [0.717, 1.165) is 12.2 Å². The summed E-state index contributed by atoms with van der Waals surface area (Å²) in [7, 11) is 0. The van der Waals surface area contributed by atoms with E-state index in [4.69, 9.17) is 5.73 Å². The molecule has 0 aliphatic carbocycles. The maximum atomic E-state index is 6.01. The first-order valence-corrected chi connectivity index (χ1v) is 7.41. The van der Waals surface area contributed by atoms with Crippen LogP contribution in [0.25, 0.3) is 0 Å². The van der Waals surface area contributed by atoms with Gasteiger partial charge in [-0.05, 0) is 29.5 Å². The summed E-state index contributed by atoms with van der Waals surface area (Å²) < 4.78 is 0. The Labute approximate surface area is 110 Å². The van der Waals surface area contributed by atoms with Crippen LogP contribution in [0.2, 0.25) is 0 Å². The highest BCUT2D eigenvalue weighted by atomic mass is 32.2. The largest absolute Gasteiger partial charge is 0.327 e. The van der Waals surface area contributed by atoms with Crippen LogP contribution in [0.4, 0.5) is 0 Å². The zero-order valence-electron chi connectivity index (χ0n) is 11.5. The van der Waals surface area contributed by atoms with E-state index < -0.39 is 0 Å². The van der Waals surface area contributed by atoms with Crippen LogP contribution in [0.1, 0.15) is 46.1 Å². The number of hydrogen-bond donors (Lipinski definition) is 1. The van der Waals surface area contributed by atoms with Crippen molar-refractivity contribution in [1.82, 2.24) is 0 Å². The molecule has 1 unspecified atom stereocenters. The summed E-state index contributed by atoms with van der Waals surface area (Å²) in [6.45, 7) is 8.91. The van der Waals surface area contributed by atoms with Crippen molar-refractivity contribution in [1.29, 1.82) is 0 Å². The molecule has 0 spiro atoms. The zero-order valence-corrected chi connectivity index (χ0v) is 12.3. The third-order valence-electron chi connectivity index (χ3n) is 2.84. The van der Waals surface area contributed by atoms with E-state index in [2.05, 4.69) is 52.0 Å². The van der Waals surface area contributed by atoms with E-state index in [1.807, 2.05) is 11.8 Å². The molecule has 1 aromatic rings. The third kappa shape index (κ3) is 5.13. The molecule has 0 aliphatic heterocycles.